The van der Waals surface area contributed by atoms with Gasteiger partial charge in [0.2, 0.25) is 0 Å². The molecule has 0 amide bonds. The standard InChI is InChI=1S/C12H17N3O/c1-3-15(7-4-6-13)10-12(16)11-5-8-14(2)9-11/h5,8-9H,3-4,7,10H2,1-2H3. The average molecular weight is 219 g/mol. The molecule has 0 fully saturated rings. The van der Waals surface area contributed by atoms with Gasteiger partial charge in [-0.05, 0) is 12.6 Å². The lowest BCUT2D eigenvalue weighted by atomic mass is 10.2. The highest BCUT2D eigenvalue weighted by atomic mass is 16.1. The molecule has 0 aromatic carbocycles. The van der Waals surface area contributed by atoms with E-state index in [1.807, 2.05) is 41.9 Å². The monoisotopic (exact) mass is 219 g/mol. The maximum atomic E-state index is 11.9. The molecular weight excluding hydrogens is 202 g/mol. The van der Waals surface area contributed by atoms with E-state index in [9.17, 15) is 4.79 Å². The van der Waals surface area contributed by atoms with Gasteiger partial charge in [-0.15, -0.1) is 0 Å². The van der Waals surface area contributed by atoms with Crippen LogP contribution in [0.5, 0.6) is 0 Å². The first kappa shape index (κ1) is 12.5. The molecule has 1 aromatic heterocycles. The fourth-order valence-corrected chi connectivity index (χ4v) is 1.52. The number of carbonyl (C=O) groups excluding carboxylic acids is 1. The molecule has 0 atom stereocenters. The van der Waals surface area contributed by atoms with Crippen LogP contribution in [0.1, 0.15) is 23.7 Å². The van der Waals surface area contributed by atoms with Gasteiger partial charge in [0.1, 0.15) is 0 Å². The topological polar surface area (TPSA) is 49.0 Å². The molecule has 0 aliphatic rings. The van der Waals surface area contributed by atoms with Crippen LogP contribution in [0.2, 0.25) is 0 Å². The van der Waals surface area contributed by atoms with Gasteiger partial charge < -0.3 is 4.57 Å². The summed E-state index contributed by atoms with van der Waals surface area (Å²) in [5.74, 6) is 0.111. The lowest BCUT2D eigenvalue weighted by Crippen LogP contribution is -2.30. The number of aromatic nitrogens is 1. The number of rotatable bonds is 6. The number of likely N-dealkylation sites (N-methyl/N-ethyl adjacent to an activating group) is 1. The minimum Gasteiger partial charge on any atom is -0.357 e. The molecule has 0 radical (unpaired) electrons. The van der Waals surface area contributed by atoms with E-state index < -0.39 is 0 Å². The summed E-state index contributed by atoms with van der Waals surface area (Å²) in [6, 6.07) is 3.91. The Hall–Kier alpha value is -1.60. The first-order chi connectivity index (χ1) is 7.67. The van der Waals surface area contributed by atoms with Crippen LogP contribution in [0.25, 0.3) is 0 Å². The Morgan fingerprint density at radius 1 is 1.62 bits per heavy atom. The Morgan fingerprint density at radius 3 is 2.88 bits per heavy atom. The van der Waals surface area contributed by atoms with Crippen molar-refractivity contribution in [2.75, 3.05) is 19.6 Å². The highest BCUT2D eigenvalue weighted by Crippen LogP contribution is 2.03. The fourth-order valence-electron chi connectivity index (χ4n) is 1.52. The zero-order valence-electron chi connectivity index (χ0n) is 9.81. The Balaban J connectivity index is 2.52. The maximum absolute atomic E-state index is 11.9. The van der Waals surface area contributed by atoms with E-state index in [1.165, 1.54) is 0 Å². The molecule has 0 saturated carbocycles. The SMILES string of the molecule is CCN(CCC#N)CC(=O)c1ccn(C)c1. The van der Waals surface area contributed by atoms with Crippen molar-refractivity contribution in [3.05, 3.63) is 24.0 Å². The van der Waals surface area contributed by atoms with Crippen LogP contribution in [0.4, 0.5) is 0 Å². The first-order valence-electron chi connectivity index (χ1n) is 5.41. The second-order valence-electron chi connectivity index (χ2n) is 3.77. The van der Waals surface area contributed by atoms with Gasteiger partial charge in [0.05, 0.1) is 12.6 Å². The van der Waals surface area contributed by atoms with Gasteiger partial charge >= 0.3 is 0 Å². The Morgan fingerprint density at radius 2 is 2.38 bits per heavy atom. The van der Waals surface area contributed by atoms with E-state index in [2.05, 4.69) is 6.07 Å². The minimum atomic E-state index is 0.111. The lowest BCUT2D eigenvalue weighted by Gasteiger charge is -2.17. The van der Waals surface area contributed by atoms with E-state index in [-0.39, 0.29) is 5.78 Å². The summed E-state index contributed by atoms with van der Waals surface area (Å²) in [7, 11) is 1.89. The predicted molar refractivity (Wildman–Crippen MR) is 62.1 cm³/mol. The molecule has 0 aliphatic heterocycles. The normalized spacial score (nSPS) is 10.4. The van der Waals surface area contributed by atoms with Gasteiger partial charge in [-0.1, -0.05) is 6.92 Å². The molecule has 4 heteroatoms. The summed E-state index contributed by atoms with van der Waals surface area (Å²) in [6.07, 6.45) is 4.15. The highest BCUT2D eigenvalue weighted by Gasteiger charge is 2.11. The van der Waals surface area contributed by atoms with E-state index in [0.29, 0.717) is 19.5 Å². The van der Waals surface area contributed by atoms with Crippen LogP contribution in [-0.4, -0.2) is 34.9 Å². The molecule has 0 N–H and O–H groups in total. The quantitative estimate of drug-likeness (QED) is 0.680. The van der Waals surface area contributed by atoms with Crippen molar-refractivity contribution < 1.29 is 4.79 Å². The molecule has 1 aromatic rings. The molecule has 16 heavy (non-hydrogen) atoms. The summed E-state index contributed by atoms with van der Waals surface area (Å²) in [5, 5.41) is 8.50. The van der Waals surface area contributed by atoms with E-state index in [0.717, 1.165) is 12.1 Å². The zero-order valence-corrected chi connectivity index (χ0v) is 9.81. The van der Waals surface area contributed by atoms with Crippen LogP contribution >= 0.6 is 0 Å². The maximum Gasteiger partial charge on any atom is 0.178 e. The van der Waals surface area contributed by atoms with Crippen LogP contribution in [-0.2, 0) is 7.05 Å². The van der Waals surface area contributed by atoms with Crippen molar-refractivity contribution in [3.63, 3.8) is 0 Å². The van der Waals surface area contributed by atoms with Crippen LogP contribution in [0, 0.1) is 11.3 Å². The van der Waals surface area contributed by atoms with Crippen molar-refractivity contribution in [2.24, 2.45) is 7.05 Å². The van der Waals surface area contributed by atoms with Gasteiger partial charge in [-0.25, -0.2) is 0 Å². The molecule has 0 aliphatic carbocycles. The molecule has 0 spiro atoms. The molecule has 0 bridgehead atoms. The molecule has 1 rings (SSSR count). The molecule has 0 saturated heterocycles. The van der Waals surface area contributed by atoms with Crippen LogP contribution in [0.3, 0.4) is 0 Å². The third kappa shape index (κ3) is 3.52. The zero-order chi connectivity index (χ0) is 12.0. The summed E-state index contributed by atoms with van der Waals surface area (Å²) in [5.41, 5.74) is 0.734. The smallest absolute Gasteiger partial charge is 0.178 e. The number of hydrogen-bond donors (Lipinski definition) is 0. The summed E-state index contributed by atoms with van der Waals surface area (Å²) in [4.78, 5) is 13.8. The lowest BCUT2D eigenvalue weighted by molar-refractivity contribution is 0.0935. The van der Waals surface area contributed by atoms with Gasteiger partial charge in [-0.2, -0.15) is 5.26 Å². The second-order valence-corrected chi connectivity index (χ2v) is 3.77. The van der Waals surface area contributed by atoms with Crippen molar-refractivity contribution >= 4 is 5.78 Å². The number of carbonyl (C=O) groups is 1. The summed E-state index contributed by atoms with van der Waals surface area (Å²) < 4.78 is 1.86. The fraction of sp³-hybridized carbons (Fsp3) is 0.500. The third-order valence-electron chi connectivity index (χ3n) is 2.51. The molecule has 1 heterocycles. The van der Waals surface area contributed by atoms with Gasteiger partial charge in [0.15, 0.2) is 5.78 Å². The Kier molecular flexibility index (Phi) is 4.74. The van der Waals surface area contributed by atoms with Gasteiger partial charge in [0.25, 0.3) is 0 Å². The first-order valence-corrected chi connectivity index (χ1v) is 5.41. The number of hydrogen-bond acceptors (Lipinski definition) is 3. The van der Waals surface area contributed by atoms with Crippen LogP contribution < -0.4 is 0 Å². The van der Waals surface area contributed by atoms with Crippen molar-refractivity contribution in [1.82, 2.24) is 9.47 Å². The second kappa shape index (κ2) is 6.09. The largest absolute Gasteiger partial charge is 0.357 e. The Labute approximate surface area is 96.1 Å². The summed E-state index contributed by atoms with van der Waals surface area (Å²) in [6.45, 7) is 3.84. The van der Waals surface area contributed by atoms with Crippen LogP contribution in [0.15, 0.2) is 18.5 Å². The van der Waals surface area contributed by atoms with Gasteiger partial charge in [0, 0.05) is 38.0 Å². The minimum absolute atomic E-state index is 0.111. The Bertz CT molecular complexity index is 389. The molecule has 4 nitrogen and oxygen atoms in total. The van der Waals surface area contributed by atoms with E-state index in [1.54, 1.807) is 0 Å². The number of Topliss-reactive ketones (excluding diaryl/α,β-unsaturated/α-hetero) is 1. The molecule has 0 unspecified atom stereocenters. The predicted octanol–water partition coefficient (Wildman–Crippen LogP) is 1.44. The number of nitrogens with zero attached hydrogens (tertiary/aromatic N) is 3. The van der Waals surface area contributed by atoms with E-state index >= 15 is 0 Å². The summed E-state index contributed by atoms with van der Waals surface area (Å²) >= 11 is 0. The number of nitriles is 1. The molecular formula is C12H17N3O. The number of aryl methyl sites for hydroxylation is 1. The molecule has 86 valence electrons. The van der Waals surface area contributed by atoms with Crippen molar-refractivity contribution in [3.8, 4) is 6.07 Å². The van der Waals surface area contributed by atoms with E-state index in [4.69, 9.17) is 5.26 Å². The van der Waals surface area contributed by atoms with Crippen molar-refractivity contribution in [1.29, 1.82) is 5.26 Å². The van der Waals surface area contributed by atoms with Crippen molar-refractivity contribution in [2.45, 2.75) is 13.3 Å². The third-order valence-corrected chi connectivity index (χ3v) is 2.51. The number of ketones is 1. The highest BCUT2D eigenvalue weighted by molar-refractivity contribution is 5.97. The van der Waals surface area contributed by atoms with Gasteiger partial charge in [-0.3, -0.25) is 9.69 Å². The average Bonchev–Trinajstić information content (AvgIpc) is 2.70.